The van der Waals surface area contributed by atoms with E-state index in [0.717, 1.165) is 11.1 Å². The van der Waals surface area contributed by atoms with Gasteiger partial charge in [0.15, 0.2) is 0 Å². The third-order valence-electron chi connectivity index (χ3n) is 3.50. The predicted octanol–water partition coefficient (Wildman–Crippen LogP) is 2.65. The van der Waals surface area contributed by atoms with Crippen molar-refractivity contribution in [3.63, 3.8) is 0 Å². The quantitative estimate of drug-likeness (QED) is 0.821. The highest BCUT2D eigenvalue weighted by Gasteiger charge is 2.29. The van der Waals surface area contributed by atoms with Crippen molar-refractivity contribution in [1.82, 2.24) is 9.97 Å². The summed E-state index contributed by atoms with van der Waals surface area (Å²) < 4.78 is 10.3. The largest absolute Gasteiger partial charge is 0.475 e. The average Bonchev–Trinajstić information content (AvgIpc) is 2.59. The van der Waals surface area contributed by atoms with Gasteiger partial charge in [-0.05, 0) is 19.4 Å². The van der Waals surface area contributed by atoms with E-state index in [4.69, 9.17) is 15.2 Å². The minimum atomic E-state index is -0.754. The zero-order valence-corrected chi connectivity index (χ0v) is 14.1. The Morgan fingerprint density at radius 2 is 1.88 bits per heavy atom. The number of hydrogen-bond acceptors (Lipinski definition) is 6. The van der Waals surface area contributed by atoms with E-state index in [0.29, 0.717) is 17.3 Å². The van der Waals surface area contributed by atoms with Gasteiger partial charge in [-0.25, -0.2) is 9.97 Å². The van der Waals surface area contributed by atoms with Crippen molar-refractivity contribution >= 4 is 11.7 Å². The number of esters is 1. The van der Waals surface area contributed by atoms with Gasteiger partial charge in [0.2, 0.25) is 5.88 Å². The Morgan fingerprint density at radius 1 is 1.21 bits per heavy atom. The second-order valence-electron chi connectivity index (χ2n) is 6.01. The van der Waals surface area contributed by atoms with Crippen LogP contribution in [0.15, 0.2) is 43.2 Å². The van der Waals surface area contributed by atoms with Crippen LogP contribution in [0.2, 0.25) is 0 Å². The lowest BCUT2D eigenvalue weighted by atomic mass is 9.95. The van der Waals surface area contributed by atoms with Gasteiger partial charge in [-0.3, -0.25) is 4.79 Å². The van der Waals surface area contributed by atoms with Crippen molar-refractivity contribution in [3.05, 3.63) is 48.8 Å². The highest BCUT2D eigenvalue weighted by Crippen LogP contribution is 2.21. The van der Waals surface area contributed by atoms with Crippen molar-refractivity contribution in [1.29, 1.82) is 0 Å². The molecule has 1 aromatic carbocycles. The molecule has 0 aliphatic carbocycles. The Kier molecular flexibility index (Phi) is 5.18. The Labute approximate surface area is 141 Å². The van der Waals surface area contributed by atoms with Crippen LogP contribution >= 0.6 is 0 Å². The number of nitrogens with zero attached hydrogens (tertiary/aromatic N) is 2. The zero-order valence-electron chi connectivity index (χ0n) is 14.1. The lowest BCUT2D eigenvalue weighted by molar-refractivity contribution is -0.152. The highest BCUT2D eigenvalue weighted by atomic mass is 16.5. The number of benzene rings is 1. The Hall–Kier alpha value is -2.89. The fourth-order valence-electron chi connectivity index (χ4n) is 1.98. The first-order chi connectivity index (χ1) is 11.3. The van der Waals surface area contributed by atoms with Crippen LogP contribution in [0.4, 0.5) is 0 Å². The second kappa shape index (κ2) is 7.12. The second-order valence-corrected chi connectivity index (χ2v) is 6.01. The monoisotopic (exact) mass is 327 g/mol. The first kappa shape index (κ1) is 17.5. The number of carbonyl (C=O) groups is 1. The summed E-state index contributed by atoms with van der Waals surface area (Å²) in [4.78, 5) is 20.2. The Balaban J connectivity index is 2.05. The van der Waals surface area contributed by atoms with E-state index < -0.39 is 5.41 Å². The summed E-state index contributed by atoms with van der Waals surface area (Å²) >= 11 is 0. The minimum absolute atomic E-state index is 0.154. The summed E-state index contributed by atoms with van der Waals surface area (Å²) in [6.07, 6.45) is 3.14. The van der Waals surface area contributed by atoms with E-state index in [2.05, 4.69) is 16.5 Å². The van der Waals surface area contributed by atoms with Crippen LogP contribution in [0.5, 0.6) is 5.88 Å². The van der Waals surface area contributed by atoms with Gasteiger partial charge in [0, 0.05) is 11.3 Å². The number of aromatic nitrogens is 2. The molecule has 0 saturated heterocycles. The van der Waals surface area contributed by atoms with Gasteiger partial charge in [-0.15, -0.1) is 0 Å². The average molecular weight is 327 g/mol. The number of ether oxygens (including phenoxy) is 2. The standard InChI is InChI=1S/C18H21N3O3/c1-12(19)13-5-7-14(8-6-13)15-9-21-16(10-20-15)24-11-18(2,3)17(22)23-4/h5-10H,1,11,19H2,2-4H3. The van der Waals surface area contributed by atoms with Crippen molar-refractivity contribution < 1.29 is 14.3 Å². The van der Waals surface area contributed by atoms with Gasteiger partial charge in [0.25, 0.3) is 0 Å². The van der Waals surface area contributed by atoms with Crippen LogP contribution in [0, 0.1) is 5.41 Å². The van der Waals surface area contributed by atoms with Gasteiger partial charge >= 0.3 is 5.97 Å². The third-order valence-corrected chi connectivity index (χ3v) is 3.50. The molecule has 0 atom stereocenters. The maximum Gasteiger partial charge on any atom is 0.314 e. The van der Waals surface area contributed by atoms with Crippen molar-refractivity contribution in [2.45, 2.75) is 13.8 Å². The van der Waals surface area contributed by atoms with Crippen LogP contribution in [0.3, 0.4) is 0 Å². The molecule has 0 aliphatic heterocycles. The molecule has 126 valence electrons. The summed E-state index contributed by atoms with van der Waals surface area (Å²) in [6.45, 7) is 7.34. The SMILES string of the molecule is C=C(N)c1ccc(-c2cnc(OCC(C)(C)C(=O)OC)cn2)cc1. The fraction of sp³-hybridized carbons (Fsp3) is 0.278. The highest BCUT2D eigenvalue weighted by molar-refractivity contribution is 5.75. The van der Waals surface area contributed by atoms with E-state index in [1.807, 2.05) is 24.3 Å². The summed E-state index contributed by atoms with van der Waals surface area (Å²) in [7, 11) is 1.35. The molecule has 0 bridgehead atoms. The minimum Gasteiger partial charge on any atom is -0.475 e. The third kappa shape index (κ3) is 4.10. The maximum absolute atomic E-state index is 11.6. The number of methoxy groups -OCH3 is 1. The normalized spacial score (nSPS) is 11.0. The molecule has 2 rings (SSSR count). The molecular formula is C18H21N3O3. The van der Waals surface area contributed by atoms with E-state index in [1.165, 1.54) is 13.3 Å². The van der Waals surface area contributed by atoms with Crippen LogP contribution in [0.25, 0.3) is 17.0 Å². The number of rotatable bonds is 6. The van der Waals surface area contributed by atoms with Crippen LogP contribution < -0.4 is 10.5 Å². The topological polar surface area (TPSA) is 87.3 Å². The molecule has 0 radical (unpaired) electrons. The van der Waals surface area contributed by atoms with E-state index >= 15 is 0 Å². The van der Waals surface area contributed by atoms with Crippen LogP contribution in [-0.2, 0) is 9.53 Å². The lowest BCUT2D eigenvalue weighted by Gasteiger charge is -2.21. The molecule has 1 aromatic heterocycles. The number of carbonyl (C=O) groups excluding carboxylic acids is 1. The summed E-state index contributed by atoms with van der Waals surface area (Å²) in [5.41, 5.74) is 7.91. The maximum atomic E-state index is 11.6. The molecule has 24 heavy (non-hydrogen) atoms. The van der Waals surface area contributed by atoms with Gasteiger partial charge < -0.3 is 15.2 Å². The van der Waals surface area contributed by atoms with Gasteiger partial charge in [-0.2, -0.15) is 0 Å². The first-order valence-electron chi connectivity index (χ1n) is 7.42. The molecule has 0 unspecified atom stereocenters. The van der Waals surface area contributed by atoms with E-state index in [-0.39, 0.29) is 12.6 Å². The van der Waals surface area contributed by atoms with E-state index in [1.54, 1.807) is 20.0 Å². The summed E-state index contributed by atoms with van der Waals surface area (Å²) in [5.74, 6) is 0.0105. The molecule has 2 aromatic rings. The van der Waals surface area contributed by atoms with E-state index in [9.17, 15) is 4.79 Å². The van der Waals surface area contributed by atoms with Gasteiger partial charge in [-0.1, -0.05) is 30.8 Å². The predicted molar refractivity (Wildman–Crippen MR) is 92.0 cm³/mol. The first-order valence-corrected chi connectivity index (χ1v) is 7.42. The molecule has 0 aliphatic rings. The molecule has 1 heterocycles. The molecule has 6 nitrogen and oxygen atoms in total. The number of nitrogens with two attached hydrogens (primary N) is 1. The molecule has 2 N–H and O–H groups in total. The van der Waals surface area contributed by atoms with Gasteiger partial charge in [0.05, 0.1) is 30.6 Å². The molecular weight excluding hydrogens is 306 g/mol. The summed E-state index contributed by atoms with van der Waals surface area (Å²) in [6, 6.07) is 7.56. The zero-order chi connectivity index (χ0) is 17.7. The molecule has 0 spiro atoms. The van der Waals surface area contributed by atoms with Crippen LogP contribution in [0.1, 0.15) is 19.4 Å². The van der Waals surface area contributed by atoms with Gasteiger partial charge in [0.1, 0.15) is 6.61 Å². The number of hydrogen-bond donors (Lipinski definition) is 1. The van der Waals surface area contributed by atoms with Crippen molar-refractivity contribution in [2.24, 2.45) is 11.1 Å². The molecule has 0 fully saturated rings. The van der Waals surface area contributed by atoms with Crippen molar-refractivity contribution in [2.75, 3.05) is 13.7 Å². The molecule has 6 heteroatoms. The Morgan fingerprint density at radius 3 is 2.38 bits per heavy atom. The lowest BCUT2D eigenvalue weighted by Crippen LogP contribution is -2.32. The van der Waals surface area contributed by atoms with Crippen LogP contribution in [-0.4, -0.2) is 29.7 Å². The molecule has 0 saturated carbocycles. The molecule has 0 amide bonds. The Bertz CT molecular complexity index is 722. The fourth-order valence-corrected chi connectivity index (χ4v) is 1.98. The van der Waals surface area contributed by atoms with Crippen molar-refractivity contribution in [3.8, 4) is 17.1 Å². The smallest absolute Gasteiger partial charge is 0.314 e. The summed E-state index contributed by atoms with van der Waals surface area (Å²) in [5, 5.41) is 0.